The maximum Gasteiger partial charge on any atom is 0.312 e. The fourth-order valence-corrected chi connectivity index (χ4v) is 7.93. The van der Waals surface area contributed by atoms with Crippen molar-refractivity contribution in [2.75, 3.05) is 6.61 Å². The van der Waals surface area contributed by atoms with Crippen LogP contribution in [-0.4, -0.2) is 47.3 Å². The van der Waals surface area contributed by atoms with Crippen molar-refractivity contribution in [2.45, 2.75) is 111 Å². The van der Waals surface area contributed by atoms with Gasteiger partial charge in [-0.15, -0.1) is 0 Å². The van der Waals surface area contributed by atoms with Crippen LogP contribution in [0.15, 0.2) is 0 Å². The standard InChI is InChI=1S/C29H44O8/c1-7-27(4,25(34)37-29(6)19-9-17-8-18(11-19)12-20(29)10-17)16-28(5,15-26(2,3)23(31)32)24(33)36-21-13-22(30)35-14-21/h17-21H,7-16H2,1-6H3,(H,31,32). The molecule has 4 bridgehead atoms. The quantitative estimate of drug-likeness (QED) is 0.319. The number of carboxylic acids is 1. The Morgan fingerprint density at radius 3 is 1.97 bits per heavy atom. The molecule has 0 aromatic rings. The minimum atomic E-state index is -1.29. The third-order valence-corrected chi connectivity index (χ3v) is 10.1. The summed E-state index contributed by atoms with van der Waals surface area (Å²) in [6.45, 7) is 10.6. The molecule has 0 amide bonds. The zero-order chi connectivity index (χ0) is 27.4. The van der Waals surface area contributed by atoms with Crippen molar-refractivity contribution in [3.8, 4) is 0 Å². The molecule has 0 radical (unpaired) electrons. The second-order valence-corrected chi connectivity index (χ2v) is 13.8. The van der Waals surface area contributed by atoms with Gasteiger partial charge in [0, 0.05) is 0 Å². The van der Waals surface area contributed by atoms with Crippen molar-refractivity contribution < 1.29 is 38.5 Å². The molecule has 8 heteroatoms. The summed E-state index contributed by atoms with van der Waals surface area (Å²) in [7, 11) is 0. The highest BCUT2D eigenvalue weighted by atomic mass is 16.6. The van der Waals surface area contributed by atoms with Crippen molar-refractivity contribution in [2.24, 2.45) is 39.9 Å². The van der Waals surface area contributed by atoms with Gasteiger partial charge in [0.2, 0.25) is 0 Å². The first-order valence-corrected chi connectivity index (χ1v) is 13.9. The van der Waals surface area contributed by atoms with Gasteiger partial charge in [-0.2, -0.15) is 0 Å². The number of hydrogen-bond acceptors (Lipinski definition) is 7. The number of ether oxygens (including phenoxy) is 3. The summed E-state index contributed by atoms with van der Waals surface area (Å²) in [6.07, 6.45) is 5.51. The lowest BCUT2D eigenvalue weighted by molar-refractivity contribution is -0.214. The summed E-state index contributed by atoms with van der Waals surface area (Å²) >= 11 is 0. The molecule has 1 saturated heterocycles. The Bertz CT molecular complexity index is 926. The molecule has 37 heavy (non-hydrogen) atoms. The van der Waals surface area contributed by atoms with Crippen LogP contribution in [0.4, 0.5) is 0 Å². The highest BCUT2D eigenvalue weighted by Gasteiger charge is 2.59. The second kappa shape index (κ2) is 9.57. The lowest BCUT2D eigenvalue weighted by Gasteiger charge is -2.59. The maximum atomic E-state index is 13.9. The van der Waals surface area contributed by atoms with E-state index in [0.717, 1.165) is 37.5 Å². The average Bonchev–Trinajstić information content (AvgIpc) is 3.20. The van der Waals surface area contributed by atoms with Gasteiger partial charge in [-0.25, -0.2) is 0 Å². The fourth-order valence-electron chi connectivity index (χ4n) is 7.93. The Hall–Kier alpha value is -2.12. The van der Waals surface area contributed by atoms with Gasteiger partial charge < -0.3 is 19.3 Å². The summed E-state index contributed by atoms with van der Waals surface area (Å²) in [6, 6.07) is 0. The normalized spacial score (nSPS) is 35.8. The van der Waals surface area contributed by atoms with E-state index in [0.29, 0.717) is 18.3 Å². The Morgan fingerprint density at radius 1 is 0.946 bits per heavy atom. The van der Waals surface area contributed by atoms with Gasteiger partial charge >= 0.3 is 23.9 Å². The monoisotopic (exact) mass is 520 g/mol. The molecule has 1 aliphatic heterocycles. The van der Waals surface area contributed by atoms with Crippen molar-refractivity contribution in [1.29, 1.82) is 0 Å². The zero-order valence-corrected chi connectivity index (χ0v) is 23.3. The third kappa shape index (κ3) is 5.26. The molecular formula is C29H44O8. The van der Waals surface area contributed by atoms with Crippen LogP contribution in [0.1, 0.15) is 99.3 Å². The first kappa shape index (κ1) is 27.9. The van der Waals surface area contributed by atoms with E-state index in [9.17, 15) is 24.3 Å². The molecule has 0 aromatic heterocycles. The molecular weight excluding hydrogens is 476 g/mol. The SMILES string of the molecule is CCC(C)(CC(C)(CC(C)(C)C(=O)O)C(=O)OC1COC(=O)C1)C(=O)OC1(C)C2CC3CC(C2)CC1C3. The Morgan fingerprint density at radius 2 is 1.51 bits per heavy atom. The molecule has 4 aliphatic carbocycles. The van der Waals surface area contributed by atoms with E-state index in [1.54, 1.807) is 20.8 Å². The minimum Gasteiger partial charge on any atom is -0.481 e. The van der Waals surface area contributed by atoms with Crippen molar-refractivity contribution in [3.63, 3.8) is 0 Å². The predicted octanol–water partition coefficient (Wildman–Crippen LogP) is 4.92. The van der Waals surface area contributed by atoms with E-state index in [1.807, 2.05) is 13.8 Å². The Balaban J connectivity index is 1.56. The van der Waals surface area contributed by atoms with E-state index < -0.39 is 45.9 Å². The van der Waals surface area contributed by atoms with Gasteiger partial charge in [0.15, 0.2) is 0 Å². The number of esters is 3. The van der Waals surface area contributed by atoms with Crippen molar-refractivity contribution in [1.82, 2.24) is 0 Å². The number of carboxylic acid groups (broad SMARTS) is 1. The van der Waals surface area contributed by atoms with Crippen molar-refractivity contribution >= 4 is 23.9 Å². The van der Waals surface area contributed by atoms with E-state index in [2.05, 4.69) is 6.92 Å². The van der Waals surface area contributed by atoms with E-state index in [-0.39, 0.29) is 31.8 Å². The predicted molar refractivity (Wildman–Crippen MR) is 134 cm³/mol. The van der Waals surface area contributed by atoms with Gasteiger partial charge in [-0.1, -0.05) is 6.92 Å². The summed E-state index contributed by atoms with van der Waals surface area (Å²) in [5, 5.41) is 9.83. The average molecular weight is 521 g/mol. The number of carbonyl (C=O) groups is 4. The molecule has 3 unspecified atom stereocenters. The van der Waals surface area contributed by atoms with Crippen LogP contribution >= 0.6 is 0 Å². The minimum absolute atomic E-state index is 0.0147. The van der Waals surface area contributed by atoms with Gasteiger partial charge in [0.05, 0.1) is 22.7 Å². The molecule has 0 spiro atoms. The Kier molecular flexibility index (Phi) is 7.21. The van der Waals surface area contributed by atoms with E-state index in [1.165, 1.54) is 6.42 Å². The lowest BCUT2D eigenvalue weighted by Crippen LogP contribution is -2.59. The number of rotatable bonds is 10. The molecule has 1 N–H and O–H groups in total. The molecule has 5 fully saturated rings. The maximum absolute atomic E-state index is 13.9. The fraction of sp³-hybridized carbons (Fsp3) is 0.862. The lowest BCUT2D eigenvalue weighted by atomic mass is 9.50. The van der Waals surface area contributed by atoms with Gasteiger partial charge in [-0.3, -0.25) is 19.2 Å². The van der Waals surface area contributed by atoms with Gasteiger partial charge in [0.1, 0.15) is 18.3 Å². The van der Waals surface area contributed by atoms with Gasteiger partial charge in [-0.05, 0) is 110 Å². The molecule has 5 aliphatic rings. The van der Waals surface area contributed by atoms with Crippen LogP contribution in [0.25, 0.3) is 0 Å². The number of hydrogen-bond donors (Lipinski definition) is 1. The molecule has 0 aromatic carbocycles. The van der Waals surface area contributed by atoms with Crippen LogP contribution in [0.2, 0.25) is 0 Å². The first-order chi connectivity index (χ1) is 17.1. The topological polar surface area (TPSA) is 116 Å². The summed E-state index contributed by atoms with van der Waals surface area (Å²) in [5.41, 5.74) is -4.04. The van der Waals surface area contributed by atoms with Crippen LogP contribution in [0.3, 0.4) is 0 Å². The van der Waals surface area contributed by atoms with E-state index in [4.69, 9.17) is 14.2 Å². The first-order valence-electron chi connectivity index (χ1n) is 13.9. The molecule has 3 atom stereocenters. The largest absolute Gasteiger partial charge is 0.481 e. The molecule has 1 heterocycles. The van der Waals surface area contributed by atoms with E-state index >= 15 is 0 Å². The smallest absolute Gasteiger partial charge is 0.312 e. The highest BCUT2D eigenvalue weighted by molar-refractivity contribution is 5.83. The number of carbonyl (C=O) groups excluding carboxylic acids is 3. The number of aliphatic carboxylic acids is 1. The molecule has 208 valence electrons. The van der Waals surface area contributed by atoms with Crippen LogP contribution in [-0.2, 0) is 33.4 Å². The third-order valence-electron chi connectivity index (χ3n) is 10.1. The second-order valence-electron chi connectivity index (χ2n) is 13.8. The van der Waals surface area contributed by atoms with Gasteiger partial charge in [0.25, 0.3) is 0 Å². The van der Waals surface area contributed by atoms with Crippen LogP contribution in [0, 0.1) is 39.9 Å². The molecule has 5 rings (SSSR count). The summed E-state index contributed by atoms with van der Waals surface area (Å²) in [4.78, 5) is 51.0. The molecule has 4 saturated carbocycles. The van der Waals surface area contributed by atoms with Crippen LogP contribution in [0.5, 0.6) is 0 Å². The summed E-state index contributed by atoms with van der Waals surface area (Å²) < 4.78 is 17.0. The zero-order valence-electron chi connectivity index (χ0n) is 23.3. The summed E-state index contributed by atoms with van der Waals surface area (Å²) in [5.74, 6) is -0.171. The van der Waals surface area contributed by atoms with Crippen LogP contribution < -0.4 is 0 Å². The van der Waals surface area contributed by atoms with Crippen molar-refractivity contribution in [3.05, 3.63) is 0 Å². The number of cyclic esters (lactones) is 1. The Labute approximate surface area is 220 Å². The highest BCUT2D eigenvalue weighted by Crippen LogP contribution is 2.60. The molecule has 8 nitrogen and oxygen atoms in total.